The molecule has 2 heteroatoms. The lowest BCUT2D eigenvalue weighted by Gasteiger charge is -2.34. The van der Waals surface area contributed by atoms with E-state index in [0.717, 1.165) is 25.4 Å². The number of aliphatic hydroxyl groups excluding tert-OH is 1. The van der Waals surface area contributed by atoms with Gasteiger partial charge in [0.15, 0.2) is 0 Å². The molecular weight excluding hydrogens is 186 g/mol. The fourth-order valence-electron chi connectivity index (χ4n) is 2.32. The van der Waals surface area contributed by atoms with Crippen molar-refractivity contribution in [3.63, 3.8) is 0 Å². The van der Waals surface area contributed by atoms with Gasteiger partial charge in [-0.1, -0.05) is 13.8 Å². The molecule has 0 saturated heterocycles. The molecule has 15 heavy (non-hydrogen) atoms. The number of hydrogen-bond acceptors (Lipinski definition) is 2. The lowest BCUT2D eigenvalue weighted by molar-refractivity contribution is 0.206. The highest BCUT2D eigenvalue weighted by molar-refractivity contribution is 4.81. The van der Waals surface area contributed by atoms with Gasteiger partial charge in [0, 0.05) is 12.6 Å². The van der Waals surface area contributed by atoms with Crippen molar-refractivity contribution < 1.29 is 5.11 Å². The van der Waals surface area contributed by atoms with Crippen LogP contribution in [0, 0.1) is 5.41 Å². The average Bonchev–Trinajstić information content (AvgIpc) is 2.20. The predicted molar refractivity (Wildman–Crippen MR) is 65.0 cm³/mol. The quantitative estimate of drug-likeness (QED) is 0.665. The van der Waals surface area contributed by atoms with Crippen LogP contribution in [0.5, 0.6) is 0 Å². The SMILES string of the molecule is CC1(C)CCC(NCCCCCO)CC1. The van der Waals surface area contributed by atoms with Crippen LogP contribution in [-0.2, 0) is 0 Å². The first-order valence-electron chi connectivity index (χ1n) is 6.48. The zero-order chi connectivity index (χ0) is 11.1. The van der Waals surface area contributed by atoms with E-state index in [2.05, 4.69) is 19.2 Å². The van der Waals surface area contributed by atoms with E-state index in [1.165, 1.54) is 32.1 Å². The molecule has 90 valence electrons. The molecule has 0 aromatic heterocycles. The van der Waals surface area contributed by atoms with Gasteiger partial charge in [0.05, 0.1) is 0 Å². The monoisotopic (exact) mass is 213 g/mol. The molecule has 1 fully saturated rings. The predicted octanol–water partition coefficient (Wildman–Crippen LogP) is 2.71. The number of rotatable bonds is 6. The summed E-state index contributed by atoms with van der Waals surface area (Å²) in [7, 11) is 0. The molecule has 0 atom stereocenters. The Morgan fingerprint density at radius 2 is 1.80 bits per heavy atom. The first kappa shape index (κ1) is 13.0. The van der Waals surface area contributed by atoms with Gasteiger partial charge in [0.25, 0.3) is 0 Å². The van der Waals surface area contributed by atoms with Crippen molar-refractivity contribution >= 4 is 0 Å². The van der Waals surface area contributed by atoms with Crippen LogP contribution in [-0.4, -0.2) is 24.3 Å². The van der Waals surface area contributed by atoms with E-state index < -0.39 is 0 Å². The fraction of sp³-hybridized carbons (Fsp3) is 1.00. The third-order valence-electron chi connectivity index (χ3n) is 3.61. The van der Waals surface area contributed by atoms with E-state index in [0.29, 0.717) is 12.0 Å². The molecule has 1 saturated carbocycles. The molecule has 1 rings (SSSR count). The van der Waals surface area contributed by atoms with Gasteiger partial charge < -0.3 is 10.4 Å². The van der Waals surface area contributed by atoms with Crippen LogP contribution < -0.4 is 5.32 Å². The van der Waals surface area contributed by atoms with Crippen LogP contribution in [0.1, 0.15) is 58.8 Å². The average molecular weight is 213 g/mol. The van der Waals surface area contributed by atoms with Crippen molar-refractivity contribution in [2.75, 3.05) is 13.2 Å². The van der Waals surface area contributed by atoms with E-state index in [1.807, 2.05) is 0 Å². The Morgan fingerprint density at radius 1 is 1.13 bits per heavy atom. The Labute approximate surface area is 94.5 Å². The Bertz CT molecular complexity index is 158. The maximum absolute atomic E-state index is 8.65. The zero-order valence-electron chi connectivity index (χ0n) is 10.4. The molecule has 1 aliphatic carbocycles. The second-order valence-electron chi connectivity index (χ2n) is 5.68. The summed E-state index contributed by atoms with van der Waals surface area (Å²) in [4.78, 5) is 0. The Hall–Kier alpha value is -0.0800. The molecule has 0 amide bonds. The minimum Gasteiger partial charge on any atom is -0.396 e. The van der Waals surface area contributed by atoms with Gasteiger partial charge in [-0.25, -0.2) is 0 Å². The van der Waals surface area contributed by atoms with Gasteiger partial charge in [-0.05, 0) is 56.9 Å². The van der Waals surface area contributed by atoms with Crippen LogP contribution in [0.25, 0.3) is 0 Å². The highest BCUT2D eigenvalue weighted by Gasteiger charge is 2.25. The van der Waals surface area contributed by atoms with Crippen molar-refractivity contribution in [2.24, 2.45) is 5.41 Å². The third-order valence-corrected chi connectivity index (χ3v) is 3.61. The second kappa shape index (κ2) is 6.49. The van der Waals surface area contributed by atoms with Gasteiger partial charge in [0.1, 0.15) is 0 Å². The summed E-state index contributed by atoms with van der Waals surface area (Å²) in [5, 5.41) is 12.3. The maximum Gasteiger partial charge on any atom is 0.0431 e. The Kier molecular flexibility index (Phi) is 5.62. The van der Waals surface area contributed by atoms with E-state index in [1.54, 1.807) is 0 Å². The van der Waals surface area contributed by atoms with Crippen molar-refractivity contribution in [1.29, 1.82) is 0 Å². The van der Waals surface area contributed by atoms with Crippen molar-refractivity contribution in [2.45, 2.75) is 64.8 Å². The highest BCUT2D eigenvalue weighted by atomic mass is 16.2. The zero-order valence-corrected chi connectivity index (χ0v) is 10.4. The highest BCUT2D eigenvalue weighted by Crippen LogP contribution is 2.34. The molecule has 0 aromatic rings. The van der Waals surface area contributed by atoms with Crippen LogP contribution in [0.4, 0.5) is 0 Å². The summed E-state index contributed by atoms with van der Waals surface area (Å²) in [6, 6.07) is 0.757. The largest absolute Gasteiger partial charge is 0.396 e. The number of unbranched alkanes of at least 4 members (excludes halogenated alkanes) is 2. The summed E-state index contributed by atoms with van der Waals surface area (Å²) >= 11 is 0. The van der Waals surface area contributed by atoms with Crippen molar-refractivity contribution in [3.05, 3.63) is 0 Å². The van der Waals surface area contributed by atoms with Gasteiger partial charge in [-0.3, -0.25) is 0 Å². The minimum atomic E-state index is 0.345. The minimum absolute atomic E-state index is 0.345. The third kappa shape index (κ3) is 5.53. The van der Waals surface area contributed by atoms with Crippen LogP contribution in [0.2, 0.25) is 0 Å². The summed E-state index contributed by atoms with van der Waals surface area (Å²) in [5.74, 6) is 0. The van der Waals surface area contributed by atoms with E-state index in [4.69, 9.17) is 5.11 Å². The molecular formula is C13H27NO. The van der Waals surface area contributed by atoms with Crippen molar-refractivity contribution in [3.8, 4) is 0 Å². The normalized spacial score (nSPS) is 21.8. The van der Waals surface area contributed by atoms with Gasteiger partial charge in [-0.15, -0.1) is 0 Å². The summed E-state index contributed by atoms with van der Waals surface area (Å²) in [6.07, 6.45) is 8.73. The first-order chi connectivity index (χ1) is 7.14. The van der Waals surface area contributed by atoms with Crippen molar-refractivity contribution in [1.82, 2.24) is 5.32 Å². The van der Waals surface area contributed by atoms with E-state index >= 15 is 0 Å². The fourth-order valence-corrected chi connectivity index (χ4v) is 2.32. The number of nitrogens with one attached hydrogen (secondary N) is 1. The lowest BCUT2D eigenvalue weighted by atomic mass is 9.75. The Balaban J connectivity index is 1.99. The van der Waals surface area contributed by atoms with Gasteiger partial charge >= 0.3 is 0 Å². The summed E-state index contributed by atoms with van der Waals surface area (Å²) in [6.45, 7) is 6.23. The number of hydrogen-bond donors (Lipinski definition) is 2. The standard InChI is InChI=1S/C13H27NO/c1-13(2)8-6-12(7-9-13)14-10-4-3-5-11-15/h12,14-15H,3-11H2,1-2H3. The molecule has 2 N–H and O–H groups in total. The van der Waals surface area contributed by atoms with Gasteiger partial charge in [0.2, 0.25) is 0 Å². The molecule has 0 aromatic carbocycles. The van der Waals surface area contributed by atoms with E-state index in [-0.39, 0.29) is 0 Å². The first-order valence-corrected chi connectivity index (χ1v) is 6.48. The molecule has 1 aliphatic rings. The van der Waals surface area contributed by atoms with Crippen LogP contribution in [0.3, 0.4) is 0 Å². The molecule has 0 radical (unpaired) electrons. The molecule has 2 nitrogen and oxygen atoms in total. The number of aliphatic hydroxyl groups is 1. The smallest absolute Gasteiger partial charge is 0.0431 e. The Morgan fingerprint density at radius 3 is 2.40 bits per heavy atom. The lowest BCUT2D eigenvalue weighted by Crippen LogP contribution is -2.36. The summed E-state index contributed by atoms with van der Waals surface area (Å²) < 4.78 is 0. The molecule has 0 spiro atoms. The second-order valence-corrected chi connectivity index (χ2v) is 5.68. The molecule has 0 unspecified atom stereocenters. The molecule has 0 heterocycles. The molecule has 0 aliphatic heterocycles. The van der Waals surface area contributed by atoms with E-state index in [9.17, 15) is 0 Å². The van der Waals surface area contributed by atoms with Crippen LogP contribution in [0.15, 0.2) is 0 Å². The van der Waals surface area contributed by atoms with Gasteiger partial charge in [-0.2, -0.15) is 0 Å². The maximum atomic E-state index is 8.65. The van der Waals surface area contributed by atoms with Crippen LogP contribution >= 0.6 is 0 Å². The molecule has 0 bridgehead atoms. The topological polar surface area (TPSA) is 32.3 Å². The summed E-state index contributed by atoms with van der Waals surface area (Å²) in [5.41, 5.74) is 0.578.